The number of carbonyl (C=O) groups is 2. The van der Waals surface area contributed by atoms with Gasteiger partial charge in [0.05, 0.1) is 10.6 Å². The molecule has 2 heterocycles. The molecular weight excluding hydrogens is 448 g/mol. The Morgan fingerprint density at radius 3 is 2.26 bits per heavy atom. The number of ether oxygens (including phenoxy) is 1. The average molecular weight is 471 g/mol. The first-order valence-electron chi connectivity index (χ1n) is 10.9. The lowest BCUT2D eigenvalue weighted by molar-refractivity contribution is -0.139. The topological polar surface area (TPSA) is 88.5 Å². The Morgan fingerprint density at radius 2 is 1.62 bits per heavy atom. The largest absolute Gasteiger partial charge is 0.480 e. The van der Waals surface area contributed by atoms with Crippen molar-refractivity contribution < 1.29 is 19.4 Å². The van der Waals surface area contributed by atoms with Crippen LogP contribution in [0.1, 0.15) is 21.9 Å². The van der Waals surface area contributed by atoms with E-state index in [0.717, 1.165) is 37.7 Å². The molecule has 0 aliphatic heterocycles. The smallest absolute Gasteiger partial charge is 0.407 e. The Kier molecular flexibility index (Phi) is 6.10. The van der Waals surface area contributed by atoms with Crippen LogP contribution < -0.4 is 5.32 Å². The van der Waals surface area contributed by atoms with Crippen LogP contribution in [0.3, 0.4) is 0 Å². The maximum absolute atomic E-state index is 12.6. The maximum atomic E-state index is 12.6. The summed E-state index contributed by atoms with van der Waals surface area (Å²) in [5.74, 6) is -1.19. The number of hydrogen-bond acceptors (Lipinski definition) is 5. The summed E-state index contributed by atoms with van der Waals surface area (Å²) in [5.41, 5.74) is 5.31. The van der Waals surface area contributed by atoms with Crippen LogP contribution in [0.2, 0.25) is 0 Å². The molecule has 2 aromatic carbocycles. The van der Waals surface area contributed by atoms with E-state index in [0.29, 0.717) is 0 Å². The molecule has 1 aliphatic rings. The zero-order chi connectivity index (χ0) is 23.5. The average Bonchev–Trinajstić information content (AvgIpc) is 3.46. The van der Waals surface area contributed by atoms with Crippen molar-refractivity contribution in [3.63, 3.8) is 0 Å². The number of amides is 1. The highest BCUT2D eigenvalue weighted by atomic mass is 32.1. The van der Waals surface area contributed by atoms with E-state index in [-0.39, 0.29) is 18.9 Å². The fourth-order valence-corrected chi connectivity index (χ4v) is 5.35. The van der Waals surface area contributed by atoms with E-state index in [1.165, 1.54) is 11.3 Å². The molecule has 5 rings (SSSR count). The number of fused-ring (bicyclic) bond motifs is 3. The van der Waals surface area contributed by atoms with Crippen molar-refractivity contribution in [2.45, 2.75) is 18.4 Å². The van der Waals surface area contributed by atoms with Crippen molar-refractivity contribution in [3.05, 3.63) is 101 Å². The van der Waals surface area contributed by atoms with E-state index in [1.54, 1.807) is 6.20 Å². The van der Waals surface area contributed by atoms with Gasteiger partial charge in [0.25, 0.3) is 0 Å². The first-order valence-corrected chi connectivity index (χ1v) is 11.8. The zero-order valence-electron chi connectivity index (χ0n) is 18.2. The lowest BCUT2D eigenvalue weighted by Gasteiger charge is -2.17. The van der Waals surface area contributed by atoms with E-state index >= 15 is 0 Å². The lowest BCUT2D eigenvalue weighted by atomic mass is 9.98. The molecule has 0 saturated heterocycles. The molecule has 34 heavy (non-hydrogen) atoms. The maximum Gasteiger partial charge on any atom is 0.407 e. The molecule has 4 aromatic rings. The fourth-order valence-electron chi connectivity index (χ4n) is 4.32. The molecule has 6 nitrogen and oxygen atoms in total. The van der Waals surface area contributed by atoms with Crippen LogP contribution in [0.4, 0.5) is 4.79 Å². The van der Waals surface area contributed by atoms with Gasteiger partial charge in [0.15, 0.2) is 0 Å². The number of hydrogen-bond donors (Lipinski definition) is 2. The van der Waals surface area contributed by atoms with Crippen LogP contribution in [-0.2, 0) is 16.0 Å². The van der Waals surface area contributed by atoms with Gasteiger partial charge < -0.3 is 15.2 Å². The molecule has 0 radical (unpaired) electrons. The number of rotatable bonds is 7. The summed E-state index contributed by atoms with van der Waals surface area (Å²) in [4.78, 5) is 30.5. The number of carboxylic acids is 1. The van der Waals surface area contributed by atoms with Crippen molar-refractivity contribution in [2.75, 3.05) is 6.61 Å². The summed E-state index contributed by atoms with van der Waals surface area (Å²) in [6.07, 6.45) is 1.14. The number of aliphatic carboxylic acids is 1. The van der Waals surface area contributed by atoms with E-state index in [1.807, 2.05) is 66.7 Å². The van der Waals surface area contributed by atoms with Crippen LogP contribution >= 0.6 is 11.3 Å². The molecule has 1 aliphatic carbocycles. The van der Waals surface area contributed by atoms with Gasteiger partial charge in [-0.2, -0.15) is 0 Å². The molecule has 1 amide bonds. The molecule has 170 valence electrons. The number of aromatic nitrogens is 1. The van der Waals surface area contributed by atoms with Gasteiger partial charge in [-0.15, -0.1) is 11.3 Å². The second kappa shape index (κ2) is 9.49. The van der Waals surface area contributed by atoms with E-state index in [4.69, 9.17) is 4.74 Å². The summed E-state index contributed by atoms with van der Waals surface area (Å²) in [6, 6.07) is 24.5. The van der Waals surface area contributed by atoms with Gasteiger partial charge in [-0.05, 0) is 46.5 Å². The van der Waals surface area contributed by atoms with Crippen molar-refractivity contribution in [1.82, 2.24) is 10.3 Å². The predicted molar refractivity (Wildman–Crippen MR) is 131 cm³/mol. The molecular formula is C27H22N2O4S. The highest BCUT2D eigenvalue weighted by Crippen LogP contribution is 2.44. The summed E-state index contributed by atoms with van der Waals surface area (Å²) in [6.45, 7) is 0.134. The van der Waals surface area contributed by atoms with Crippen LogP contribution in [0.25, 0.3) is 21.7 Å². The number of benzene rings is 2. The minimum Gasteiger partial charge on any atom is -0.480 e. The molecule has 7 heteroatoms. The van der Waals surface area contributed by atoms with Crippen LogP contribution in [-0.4, -0.2) is 34.8 Å². The van der Waals surface area contributed by atoms with E-state index in [2.05, 4.69) is 22.4 Å². The molecule has 0 spiro atoms. The molecule has 1 atom stereocenters. The number of thiophene rings is 1. The van der Waals surface area contributed by atoms with E-state index < -0.39 is 18.1 Å². The van der Waals surface area contributed by atoms with Crippen LogP contribution in [0.5, 0.6) is 0 Å². The normalized spacial score (nSPS) is 13.1. The Hall–Kier alpha value is -3.97. The van der Waals surface area contributed by atoms with Gasteiger partial charge in [0.2, 0.25) is 0 Å². The SMILES string of the molecule is O=C(NC(Cc1ccc(-c2ccccn2)s1)C(=O)O)OCC1c2ccccc2-c2ccccc21. The van der Waals surface area contributed by atoms with Gasteiger partial charge in [-0.25, -0.2) is 9.59 Å². The Morgan fingerprint density at radius 1 is 0.941 bits per heavy atom. The molecule has 0 saturated carbocycles. The van der Waals surface area contributed by atoms with Crippen molar-refractivity contribution in [3.8, 4) is 21.7 Å². The summed E-state index contributed by atoms with van der Waals surface area (Å²) >= 11 is 1.46. The highest BCUT2D eigenvalue weighted by molar-refractivity contribution is 7.15. The molecule has 0 bridgehead atoms. The van der Waals surface area contributed by atoms with Crippen molar-refractivity contribution >= 4 is 23.4 Å². The Balaban J connectivity index is 1.24. The van der Waals surface area contributed by atoms with E-state index in [9.17, 15) is 14.7 Å². The molecule has 0 fully saturated rings. The van der Waals surface area contributed by atoms with Crippen LogP contribution in [0.15, 0.2) is 85.1 Å². The minimum absolute atomic E-state index is 0.0837. The standard InChI is InChI=1S/C27H22N2O4S/c30-26(31)24(15-17-12-13-25(34-17)23-11-5-6-14-28-23)29-27(32)33-16-22-20-9-3-1-7-18(20)19-8-2-4-10-21(19)22/h1-14,22,24H,15-16H2,(H,29,32)(H,30,31). The second-order valence-corrected chi connectivity index (χ2v) is 9.21. The van der Waals surface area contributed by atoms with Crippen molar-refractivity contribution in [1.29, 1.82) is 0 Å². The van der Waals surface area contributed by atoms with Gasteiger partial charge in [0.1, 0.15) is 12.6 Å². The number of alkyl carbamates (subject to hydrolysis) is 1. The monoisotopic (exact) mass is 470 g/mol. The summed E-state index contributed by atoms with van der Waals surface area (Å²) < 4.78 is 5.51. The Labute approximate surface area is 200 Å². The Bertz CT molecular complexity index is 1290. The van der Waals surface area contributed by atoms with Gasteiger partial charge in [-0.3, -0.25) is 4.98 Å². The number of carbonyl (C=O) groups excluding carboxylic acids is 1. The number of pyridine rings is 1. The van der Waals surface area contributed by atoms with Crippen molar-refractivity contribution in [2.24, 2.45) is 0 Å². The molecule has 2 N–H and O–H groups in total. The third kappa shape index (κ3) is 4.43. The summed E-state index contributed by atoms with van der Waals surface area (Å²) in [5, 5.41) is 12.2. The number of nitrogens with zero attached hydrogens (tertiary/aromatic N) is 1. The summed E-state index contributed by atoms with van der Waals surface area (Å²) in [7, 11) is 0. The third-order valence-electron chi connectivity index (χ3n) is 5.92. The van der Waals surface area contributed by atoms with Gasteiger partial charge >= 0.3 is 12.1 Å². The number of carboxylic acid groups (broad SMARTS) is 1. The fraction of sp³-hybridized carbons (Fsp3) is 0.148. The van der Waals surface area contributed by atoms with Gasteiger partial charge in [0, 0.05) is 23.4 Å². The van der Waals surface area contributed by atoms with Gasteiger partial charge in [-0.1, -0.05) is 54.6 Å². The quantitative estimate of drug-likeness (QED) is 0.380. The first kappa shape index (κ1) is 21.9. The second-order valence-electron chi connectivity index (χ2n) is 8.05. The lowest BCUT2D eigenvalue weighted by Crippen LogP contribution is -2.42. The molecule has 2 aromatic heterocycles. The third-order valence-corrected chi connectivity index (χ3v) is 7.05. The van der Waals surface area contributed by atoms with Crippen LogP contribution in [0, 0.1) is 0 Å². The molecule has 1 unspecified atom stereocenters. The zero-order valence-corrected chi connectivity index (χ0v) is 19.0. The minimum atomic E-state index is -1.11. The predicted octanol–water partition coefficient (Wildman–Crippen LogP) is 5.34. The highest BCUT2D eigenvalue weighted by Gasteiger charge is 2.30. The first-order chi connectivity index (χ1) is 16.6. The number of nitrogens with one attached hydrogen (secondary N) is 1.